The zero-order valence-electron chi connectivity index (χ0n) is 13.3. The maximum absolute atomic E-state index is 11.8. The van der Waals surface area contributed by atoms with Gasteiger partial charge in [0.2, 0.25) is 0 Å². The zero-order chi connectivity index (χ0) is 17.7. The molecule has 1 aromatic carbocycles. The molecule has 1 heterocycles. The summed E-state index contributed by atoms with van der Waals surface area (Å²) < 4.78 is 27.5. The molecular weight excluding hydrogens is 334 g/mol. The molecule has 1 fully saturated rings. The minimum absolute atomic E-state index is 0.00761. The van der Waals surface area contributed by atoms with Gasteiger partial charge < -0.3 is 10.1 Å². The van der Waals surface area contributed by atoms with E-state index in [1.807, 2.05) is 0 Å². The molecule has 7 nitrogen and oxygen atoms in total. The van der Waals surface area contributed by atoms with E-state index < -0.39 is 28.3 Å². The van der Waals surface area contributed by atoms with Gasteiger partial charge in [-0.15, -0.1) is 0 Å². The van der Waals surface area contributed by atoms with E-state index in [0.717, 1.165) is 0 Å². The van der Waals surface area contributed by atoms with Crippen LogP contribution in [0.5, 0.6) is 0 Å². The average Bonchev–Trinajstić information content (AvgIpc) is 2.84. The van der Waals surface area contributed by atoms with Crippen LogP contribution in [-0.2, 0) is 24.2 Å². The Morgan fingerprint density at radius 3 is 2.67 bits per heavy atom. The van der Waals surface area contributed by atoms with Crippen molar-refractivity contribution in [3.63, 3.8) is 0 Å². The summed E-state index contributed by atoms with van der Waals surface area (Å²) in [5.41, 5.74) is 0.901. The van der Waals surface area contributed by atoms with E-state index >= 15 is 0 Å². The van der Waals surface area contributed by atoms with E-state index in [0.29, 0.717) is 17.7 Å². The lowest BCUT2D eigenvalue weighted by molar-refractivity contribution is -0.148. The minimum atomic E-state index is -3.04. The summed E-state index contributed by atoms with van der Waals surface area (Å²) in [5, 5.41) is 2.54. The van der Waals surface area contributed by atoms with E-state index in [-0.39, 0.29) is 29.6 Å². The van der Waals surface area contributed by atoms with Crippen molar-refractivity contribution in [3.8, 4) is 0 Å². The highest BCUT2D eigenvalue weighted by atomic mass is 32.2. The largest absolute Gasteiger partial charge is 0.456 e. The summed E-state index contributed by atoms with van der Waals surface area (Å²) in [6.07, 6.45) is 0.438. The quantitative estimate of drug-likeness (QED) is 0.608. The summed E-state index contributed by atoms with van der Waals surface area (Å²) in [7, 11) is -3.04. The predicted molar refractivity (Wildman–Crippen MR) is 87.4 cm³/mol. The molecule has 0 unspecified atom stereocenters. The van der Waals surface area contributed by atoms with Gasteiger partial charge in [-0.05, 0) is 31.4 Å². The number of anilines is 1. The number of sulfone groups is 1. The van der Waals surface area contributed by atoms with Crippen LogP contribution in [0.15, 0.2) is 24.3 Å². The van der Waals surface area contributed by atoms with Gasteiger partial charge in [0.1, 0.15) is 0 Å². The van der Waals surface area contributed by atoms with Crippen molar-refractivity contribution in [2.45, 2.75) is 19.8 Å². The van der Waals surface area contributed by atoms with Gasteiger partial charge >= 0.3 is 5.97 Å². The Morgan fingerprint density at radius 2 is 2.04 bits per heavy atom. The molecule has 1 N–H and O–H groups in total. The second-order valence-corrected chi connectivity index (χ2v) is 8.05. The first kappa shape index (κ1) is 18.1. The molecule has 0 spiro atoms. The third-order valence-corrected chi connectivity index (χ3v) is 5.54. The Hall–Kier alpha value is -2.22. The highest BCUT2D eigenvalue weighted by Crippen LogP contribution is 2.21. The van der Waals surface area contributed by atoms with Crippen LogP contribution in [0.4, 0.5) is 5.69 Å². The second-order valence-electron chi connectivity index (χ2n) is 5.82. The Bertz CT molecular complexity index is 756. The van der Waals surface area contributed by atoms with Crippen LogP contribution in [0, 0.1) is 5.92 Å². The summed E-state index contributed by atoms with van der Waals surface area (Å²) in [4.78, 5) is 34.7. The average molecular weight is 353 g/mol. The lowest BCUT2D eigenvalue weighted by Crippen LogP contribution is -2.22. The smallest absolute Gasteiger partial charge is 0.306 e. The summed E-state index contributed by atoms with van der Waals surface area (Å²) in [5.74, 6) is -1.39. The predicted octanol–water partition coefficient (Wildman–Crippen LogP) is 1.20. The standard InChI is InChI=1S/C16H19NO6S/c1-11(18)13-3-2-4-14(8-13)17-15(19)9-23-16(20)7-12-5-6-24(21,22)10-12/h2-4,8,12H,5-7,9-10H2,1H3,(H,17,19)/t12-/m1/s1. The fraction of sp³-hybridized carbons (Fsp3) is 0.438. The summed E-state index contributed by atoms with van der Waals surface area (Å²) >= 11 is 0. The molecule has 1 saturated heterocycles. The Labute approximate surface area is 140 Å². The van der Waals surface area contributed by atoms with Crippen molar-refractivity contribution < 1.29 is 27.5 Å². The highest BCUT2D eigenvalue weighted by Gasteiger charge is 2.29. The molecule has 1 aromatic rings. The molecule has 24 heavy (non-hydrogen) atoms. The summed E-state index contributed by atoms with van der Waals surface area (Å²) in [6, 6.07) is 6.42. The van der Waals surface area contributed by atoms with Crippen molar-refractivity contribution in [2.75, 3.05) is 23.4 Å². The molecule has 1 aliphatic heterocycles. The van der Waals surface area contributed by atoms with Crippen LogP contribution in [-0.4, -0.2) is 44.2 Å². The first-order valence-electron chi connectivity index (χ1n) is 7.52. The van der Waals surface area contributed by atoms with E-state index in [2.05, 4.69) is 5.32 Å². The molecule has 0 bridgehead atoms. The lowest BCUT2D eigenvalue weighted by Gasteiger charge is -2.09. The number of benzene rings is 1. The molecule has 0 saturated carbocycles. The van der Waals surface area contributed by atoms with Crippen LogP contribution in [0.25, 0.3) is 0 Å². The van der Waals surface area contributed by atoms with Gasteiger partial charge in [-0.1, -0.05) is 12.1 Å². The molecule has 0 aromatic heterocycles. The molecule has 1 aliphatic rings. The molecule has 8 heteroatoms. The molecule has 1 amide bonds. The fourth-order valence-corrected chi connectivity index (χ4v) is 4.35. The number of carbonyl (C=O) groups is 3. The minimum Gasteiger partial charge on any atom is -0.456 e. The number of hydrogen-bond donors (Lipinski definition) is 1. The van der Waals surface area contributed by atoms with E-state index in [4.69, 9.17) is 4.74 Å². The Morgan fingerprint density at radius 1 is 1.29 bits per heavy atom. The number of esters is 1. The SMILES string of the molecule is CC(=O)c1cccc(NC(=O)COC(=O)C[C@H]2CCS(=O)(=O)C2)c1. The topological polar surface area (TPSA) is 107 Å². The van der Waals surface area contributed by atoms with Crippen LogP contribution >= 0.6 is 0 Å². The number of hydrogen-bond acceptors (Lipinski definition) is 6. The van der Waals surface area contributed by atoms with Crippen LogP contribution in [0.3, 0.4) is 0 Å². The van der Waals surface area contributed by atoms with Crippen molar-refractivity contribution in [1.82, 2.24) is 0 Å². The lowest BCUT2D eigenvalue weighted by atomic mass is 10.1. The third kappa shape index (κ3) is 5.45. The van der Waals surface area contributed by atoms with Gasteiger partial charge in [0.25, 0.3) is 5.91 Å². The van der Waals surface area contributed by atoms with Crippen molar-refractivity contribution >= 4 is 33.2 Å². The number of amides is 1. The zero-order valence-corrected chi connectivity index (χ0v) is 14.1. The van der Waals surface area contributed by atoms with E-state index in [9.17, 15) is 22.8 Å². The normalized spacial score (nSPS) is 18.8. The van der Waals surface area contributed by atoms with E-state index in [1.54, 1.807) is 18.2 Å². The third-order valence-electron chi connectivity index (χ3n) is 3.70. The van der Waals surface area contributed by atoms with Crippen molar-refractivity contribution in [1.29, 1.82) is 0 Å². The molecular formula is C16H19NO6S. The van der Waals surface area contributed by atoms with Gasteiger partial charge in [0.05, 0.1) is 11.5 Å². The first-order chi connectivity index (χ1) is 11.2. The fourth-order valence-electron chi connectivity index (χ4n) is 2.49. The number of Topliss-reactive ketones (excluding diaryl/α,β-unsaturated/α-hetero) is 1. The van der Waals surface area contributed by atoms with Crippen molar-refractivity contribution in [3.05, 3.63) is 29.8 Å². The number of nitrogens with one attached hydrogen (secondary N) is 1. The second kappa shape index (κ2) is 7.57. The van der Waals surface area contributed by atoms with Crippen LogP contribution in [0.2, 0.25) is 0 Å². The molecule has 1 atom stereocenters. The highest BCUT2D eigenvalue weighted by molar-refractivity contribution is 7.91. The maximum Gasteiger partial charge on any atom is 0.306 e. The monoisotopic (exact) mass is 353 g/mol. The van der Waals surface area contributed by atoms with Crippen molar-refractivity contribution in [2.24, 2.45) is 5.92 Å². The van der Waals surface area contributed by atoms with Gasteiger partial charge in [-0.2, -0.15) is 0 Å². The molecule has 2 rings (SSSR count). The Kier molecular flexibility index (Phi) is 5.71. The first-order valence-corrected chi connectivity index (χ1v) is 9.34. The Balaban J connectivity index is 1.78. The molecule has 0 aliphatic carbocycles. The molecule has 130 valence electrons. The van der Waals surface area contributed by atoms with Gasteiger partial charge in [0.15, 0.2) is 22.2 Å². The van der Waals surface area contributed by atoms with Gasteiger partial charge in [-0.3, -0.25) is 14.4 Å². The summed E-state index contributed by atoms with van der Waals surface area (Å²) in [6.45, 7) is 0.967. The van der Waals surface area contributed by atoms with Gasteiger partial charge in [0, 0.05) is 17.7 Å². The van der Waals surface area contributed by atoms with Gasteiger partial charge in [-0.25, -0.2) is 8.42 Å². The number of ketones is 1. The van der Waals surface area contributed by atoms with E-state index in [1.165, 1.54) is 13.0 Å². The number of carbonyl (C=O) groups excluding carboxylic acids is 3. The number of ether oxygens (including phenoxy) is 1. The molecule has 0 radical (unpaired) electrons. The number of rotatable bonds is 6. The maximum atomic E-state index is 11.8. The van der Waals surface area contributed by atoms with Crippen LogP contribution in [0.1, 0.15) is 30.1 Å². The van der Waals surface area contributed by atoms with Crippen LogP contribution < -0.4 is 5.32 Å².